The van der Waals surface area contributed by atoms with Crippen molar-refractivity contribution in [3.05, 3.63) is 48.6 Å². The highest BCUT2D eigenvalue weighted by Gasteiger charge is 2.34. The lowest BCUT2D eigenvalue weighted by Crippen LogP contribution is -2.57. The number of amides is 1. The van der Waals surface area contributed by atoms with Gasteiger partial charge in [0, 0.05) is 19.6 Å². The molecular formula is C16H20N2O4. The van der Waals surface area contributed by atoms with Crippen molar-refractivity contribution < 1.29 is 19.4 Å². The van der Waals surface area contributed by atoms with Crippen LogP contribution in [0.25, 0.3) is 0 Å². The largest absolute Gasteiger partial charge is 0.480 e. The Kier molecular flexibility index (Phi) is 5.55. The van der Waals surface area contributed by atoms with Gasteiger partial charge in [-0.05, 0) is 5.56 Å². The number of carbonyl (C=O) groups excluding carboxylic acids is 1. The zero-order valence-electron chi connectivity index (χ0n) is 12.4. The van der Waals surface area contributed by atoms with E-state index in [0.717, 1.165) is 5.56 Å². The number of piperazine rings is 1. The Morgan fingerprint density at radius 3 is 2.68 bits per heavy atom. The molecule has 6 heteroatoms. The molecule has 2 rings (SSSR count). The quantitative estimate of drug-likeness (QED) is 0.836. The molecule has 1 amide bonds. The molecule has 0 aromatic heterocycles. The van der Waals surface area contributed by atoms with Crippen molar-refractivity contribution in [1.82, 2.24) is 9.80 Å². The molecule has 0 aliphatic carbocycles. The Labute approximate surface area is 129 Å². The van der Waals surface area contributed by atoms with Crippen molar-refractivity contribution >= 4 is 12.1 Å². The van der Waals surface area contributed by atoms with E-state index in [1.54, 1.807) is 11.0 Å². The van der Waals surface area contributed by atoms with Gasteiger partial charge < -0.3 is 14.7 Å². The van der Waals surface area contributed by atoms with Gasteiger partial charge in [0.1, 0.15) is 12.6 Å². The Bertz CT molecular complexity index is 532. The zero-order valence-corrected chi connectivity index (χ0v) is 12.4. The minimum absolute atomic E-state index is 0.122. The van der Waals surface area contributed by atoms with Gasteiger partial charge >= 0.3 is 12.1 Å². The van der Waals surface area contributed by atoms with Gasteiger partial charge in [-0.25, -0.2) is 4.79 Å². The van der Waals surface area contributed by atoms with Crippen LogP contribution < -0.4 is 0 Å². The summed E-state index contributed by atoms with van der Waals surface area (Å²) in [5.41, 5.74) is 0.899. The second-order valence-corrected chi connectivity index (χ2v) is 5.12. The first kappa shape index (κ1) is 16.0. The van der Waals surface area contributed by atoms with E-state index in [2.05, 4.69) is 6.58 Å². The highest BCUT2D eigenvalue weighted by Crippen LogP contribution is 2.12. The molecule has 0 saturated carbocycles. The Morgan fingerprint density at radius 2 is 2.05 bits per heavy atom. The van der Waals surface area contributed by atoms with Crippen molar-refractivity contribution in [2.75, 3.05) is 26.2 Å². The summed E-state index contributed by atoms with van der Waals surface area (Å²) in [6.07, 6.45) is 1.19. The fourth-order valence-electron chi connectivity index (χ4n) is 2.42. The summed E-state index contributed by atoms with van der Waals surface area (Å²) in [5, 5.41) is 9.29. The minimum Gasteiger partial charge on any atom is -0.480 e. The number of aliphatic carboxylic acids is 1. The lowest BCUT2D eigenvalue weighted by atomic mass is 10.1. The highest BCUT2D eigenvalue weighted by molar-refractivity contribution is 5.76. The summed E-state index contributed by atoms with van der Waals surface area (Å²) in [7, 11) is 0. The number of hydrogen-bond donors (Lipinski definition) is 1. The summed E-state index contributed by atoms with van der Waals surface area (Å²) in [6.45, 7) is 5.36. The van der Waals surface area contributed by atoms with Crippen LogP contribution in [-0.4, -0.2) is 59.2 Å². The van der Waals surface area contributed by atoms with Crippen molar-refractivity contribution in [2.45, 2.75) is 12.6 Å². The number of hydrogen-bond acceptors (Lipinski definition) is 4. The summed E-state index contributed by atoms with van der Waals surface area (Å²) < 4.78 is 5.25. The van der Waals surface area contributed by atoms with Gasteiger partial charge in [-0.3, -0.25) is 9.69 Å². The first-order valence-electron chi connectivity index (χ1n) is 7.15. The first-order chi connectivity index (χ1) is 10.6. The Balaban J connectivity index is 1.90. The topological polar surface area (TPSA) is 70.1 Å². The molecule has 1 heterocycles. The van der Waals surface area contributed by atoms with E-state index in [0.29, 0.717) is 19.6 Å². The average molecular weight is 304 g/mol. The van der Waals surface area contributed by atoms with Crippen LogP contribution in [0, 0.1) is 0 Å². The molecule has 0 bridgehead atoms. The fraction of sp³-hybridized carbons (Fsp3) is 0.375. The van der Waals surface area contributed by atoms with E-state index >= 15 is 0 Å². The van der Waals surface area contributed by atoms with Gasteiger partial charge in [-0.2, -0.15) is 0 Å². The molecule has 1 atom stereocenters. The maximum atomic E-state index is 12.1. The van der Waals surface area contributed by atoms with Crippen LogP contribution in [-0.2, 0) is 16.1 Å². The van der Waals surface area contributed by atoms with Crippen LogP contribution in [0.5, 0.6) is 0 Å². The molecule has 0 radical (unpaired) electrons. The van der Waals surface area contributed by atoms with Crippen LogP contribution in [0.15, 0.2) is 43.0 Å². The molecule has 0 unspecified atom stereocenters. The van der Waals surface area contributed by atoms with Crippen LogP contribution >= 0.6 is 0 Å². The van der Waals surface area contributed by atoms with Gasteiger partial charge in [0.15, 0.2) is 0 Å². The molecule has 1 saturated heterocycles. The summed E-state index contributed by atoms with van der Waals surface area (Å²) in [5.74, 6) is -0.942. The number of carbonyl (C=O) groups is 2. The molecule has 6 nitrogen and oxygen atoms in total. The number of carboxylic acid groups (broad SMARTS) is 1. The molecule has 1 fully saturated rings. The average Bonchev–Trinajstić information content (AvgIpc) is 2.54. The van der Waals surface area contributed by atoms with Crippen LogP contribution in [0.2, 0.25) is 0 Å². The third-order valence-electron chi connectivity index (χ3n) is 3.60. The Hall–Kier alpha value is -2.34. The van der Waals surface area contributed by atoms with E-state index in [1.165, 1.54) is 4.90 Å². The number of ether oxygens (including phenoxy) is 1. The molecule has 1 aliphatic heterocycles. The van der Waals surface area contributed by atoms with Gasteiger partial charge in [0.2, 0.25) is 0 Å². The van der Waals surface area contributed by atoms with Gasteiger partial charge in [0.05, 0.1) is 6.54 Å². The van der Waals surface area contributed by atoms with Crippen molar-refractivity contribution in [3.63, 3.8) is 0 Å². The molecule has 1 N–H and O–H groups in total. The third kappa shape index (κ3) is 4.08. The first-order valence-corrected chi connectivity index (χ1v) is 7.15. The predicted molar refractivity (Wildman–Crippen MR) is 81.4 cm³/mol. The second-order valence-electron chi connectivity index (χ2n) is 5.12. The molecule has 0 spiro atoms. The third-order valence-corrected chi connectivity index (χ3v) is 3.60. The van der Waals surface area contributed by atoms with Crippen molar-refractivity contribution in [2.24, 2.45) is 0 Å². The zero-order chi connectivity index (χ0) is 15.9. The normalized spacial score (nSPS) is 18.7. The van der Waals surface area contributed by atoms with E-state index in [4.69, 9.17) is 4.74 Å². The van der Waals surface area contributed by atoms with Crippen molar-refractivity contribution in [3.8, 4) is 0 Å². The number of benzene rings is 1. The van der Waals surface area contributed by atoms with E-state index in [9.17, 15) is 14.7 Å². The molecular weight excluding hydrogens is 284 g/mol. The lowest BCUT2D eigenvalue weighted by molar-refractivity contribution is -0.145. The van der Waals surface area contributed by atoms with Gasteiger partial charge in [-0.1, -0.05) is 36.4 Å². The van der Waals surface area contributed by atoms with Crippen LogP contribution in [0.1, 0.15) is 5.56 Å². The lowest BCUT2D eigenvalue weighted by Gasteiger charge is -2.38. The van der Waals surface area contributed by atoms with E-state index < -0.39 is 18.1 Å². The predicted octanol–water partition coefficient (Wildman–Crippen LogP) is 1.58. The van der Waals surface area contributed by atoms with Crippen LogP contribution in [0.3, 0.4) is 0 Å². The maximum Gasteiger partial charge on any atom is 0.410 e. The van der Waals surface area contributed by atoms with Crippen molar-refractivity contribution in [1.29, 1.82) is 0 Å². The van der Waals surface area contributed by atoms with Crippen LogP contribution in [0.4, 0.5) is 4.79 Å². The van der Waals surface area contributed by atoms with Gasteiger partial charge in [-0.15, -0.1) is 6.58 Å². The van der Waals surface area contributed by atoms with Gasteiger partial charge in [0.25, 0.3) is 0 Å². The number of carboxylic acids is 1. The minimum atomic E-state index is -0.942. The molecule has 1 aliphatic rings. The number of nitrogens with zero attached hydrogens (tertiary/aromatic N) is 2. The highest BCUT2D eigenvalue weighted by atomic mass is 16.6. The number of rotatable bonds is 5. The molecule has 1 aromatic rings. The second kappa shape index (κ2) is 7.61. The SMILES string of the molecule is C=CCN1CCN(C(=O)OCc2ccccc2)C[C@@H]1C(=O)O. The Morgan fingerprint density at radius 1 is 1.32 bits per heavy atom. The summed E-state index contributed by atoms with van der Waals surface area (Å²) >= 11 is 0. The molecule has 1 aromatic carbocycles. The molecule has 22 heavy (non-hydrogen) atoms. The summed E-state index contributed by atoms with van der Waals surface area (Å²) in [4.78, 5) is 26.6. The molecule has 118 valence electrons. The van der Waals surface area contributed by atoms with E-state index in [1.807, 2.05) is 30.3 Å². The summed E-state index contributed by atoms with van der Waals surface area (Å²) in [6, 6.07) is 8.65. The monoisotopic (exact) mass is 304 g/mol. The standard InChI is InChI=1S/C16H20N2O4/c1-2-8-17-9-10-18(11-14(17)15(19)20)16(21)22-12-13-6-4-3-5-7-13/h2-7,14H,1,8-12H2,(H,19,20)/t14-/m1/s1. The maximum absolute atomic E-state index is 12.1. The van der Waals surface area contributed by atoms with E-state index in [-0.39, 0.29) is 13.2 Å². The fourth-order valence-corrected chi connectivity index (χ4v) is 2.42. The smallest absolute Gasteiger partial charge is 0.410 e.